The van der Waals surface area contributed by atoms with Crippen LogP contribution in [0.25, 0.3) is 10.6 Å². The van der Waals surface area contributed by atoms with Crippen molar-refractivity contribution in [2.45, 2.75) is 50.7 Å². The number of alkyl halides is 3. The number of nitrogens with zero attached hydrogens (tertiary/aromatic N) is 2. The molecule has 0 N–H and O–H groups in total. The Morgan fingerprint density at radius 2 is 1.93 bits per heavy atom. The van der Waals surface area contributed by atoms with Crippen molar-refractivity contribution in [2.24, 2.45) is 5.92 Å². The van der Waals surface area contributed by atoms with Gasteiger partial charge >= 0.3 is 6.18 Å². The Morgan fingerprint density at radius 1 is 1.15 bits per heavy atom. The van der Waals surface area contributed by atoms with Crippen molar-refractivity contribution >= 4 is 17.2 Å². The zero-order valence-electron chi connectivity index (χ0n) is 14.8. The van der Waals surface area contributed by atoms with Crippen molar-refractivity contribution < 1.29 is 18.0 Å². The molecule has 1 saturated carbocycles. The number of carbonyl (C=O) groups is 1. The Kier molecular flexibility index (Phi) is 4.97. The van der Waals surface area contributed by atoms with Crippen LogP contribution in [-0.2, 0) is 6.18 Å². The van der Waals surface area contributed by atoms with Crippen LogP contribution in [0, 0.1) is 5.92 Å². The maximum absolute atomic E-state index is 13.0. The lowest BCUT2D eigenvalue weighted by Crippen LogP contribution is -2.39. The monoisotopic (exact) mass is 394 g/mol. The highest BCUT2D eigenvalue weighted by molar-refractivity contribution is 7.13. The number of carbonyl (C=O) groups excluding carboxylic acids is 1. The third-order valence-electron chi connectivity index (χ3n) is 5.66. The maximum atomic E-state index is 13.0. The van der Waals surface area contributed by atoms with Gasteiger partial charge in [0.15, 0.2) is 0 Å². The number of hydrogen-bond donors (Lipinski definition) is 0. The molecule has 1 aliphatic carbocycles. The van der Waals surface area contributed by atoms with Crippen LogP contribution in [0.1, 0.15) is 54.6 Å². The maximum Gasteiger partial charge on any atom is 0.416 e. The highest BCUT2D eigenvalue weighted by Crippen LogP contribution is 2.37. The quantitative estimate of drug-likeness (QED) is 0.677. The number of thiazole rings is 1. The molecule has 144 valence electrons. The number of aromatic nitrogens is 1. The summed E-state index contributed by atoms with van der Waals surface area (Å²) in [6.07, 6.45) is 2.50. The van der Waals surface area contributed by atoms with Crippen molar-refractivity contribution in [3.8, 4) is 10.6 Å². The molecule has 2 heterocycles. The predicted octanol–water partition coefficient (Wildman–Crippen LogP) is 5.62. The molecule has 0 bridgehead atoms. The Bertz CT molecular complexity index is 827. The first-order valence-corrected chi connectivity index (χ1v) is 10.3. The first-order chi connectivity index (χ1) is 12.9. The highest BCUT2D eigenvalue weighted by atomic mass is 32.1. The van der Waals surface area contributed by atoms with Gasteiger partial charge in [-0.3, -0.25) is 4.79 Å². The van der Waals surface area contributed by atoms with Crippen LogP contribution in [0.15, 0.2) is 29.6 Å². The molecule has 1 saturated heterocycles. The summed E-state index contributed by atoms with van der Waals surface area (Å²) in [5.41, 5.74) is 0.0314. The van der Waals surface area contributed by atoms with E-state index in [1.54, 1.807) is 11.4 Å². The van der Waals surface area contributed by atoms with Gasteiger partial charge in [0.05, 0.1) is 5.56 Å². The summed E-state index contributed by atoms with van der Waals surface area (Å²) < 4.78 is 38.8. The third-order valence-corrected chi connectivity index (χ3v) is 6.56. The number of likely N-dealkylation sites (tertiary alicyclic amines) is 1. The van der Waals surface area contributed by atoms with E-state index < -0.39 is 11.7 Å². The lowest BCUT2D eigenvalue weighted by Gasteiger charge is -2.28. The fraction of sp³-hybridized carbons (Fsp3) is 0.500. The molecule has 1 unspecified atom stereocenters. The molecule has 27 heavy (non-hydrogen) atoms. The van der Waals surface area contributed by atoms with Gasteiger partial charge in [-0.05, 0) is 43.7 Å². The Hall–Kier alpha value is -1.89. The minimum absolute atomic E-state index is 0.0844. The molecule has 2 fully saturated rings. The SMILES string of the molecule is O=C(c1csc(-c2cccc(C(F)(F)F)c2)n1)N1CCCC1C1CCCC1. The van der Waals surface area contributed by atoms with Gasteiger partial charge in [0.2, 0.25) is 0 Å². The van der Waals surface area contributed by atoms with Gasteiger partial charge in [0.25, 0.3) is 5.91 Å². The molecule has 1 atom stereocenters. The smallest absolute Gasteiger partial charge is 0.334 e. The van der Waals surface area contributed by atoms with Crippen LogP contribution in [0.2, 0.25) is 0 Å². The van der Waals surface area contributed by atoms with E-state index in [1.165, 1.54) is 43.1 Å². The molecule has 0 spiro atoms. The average Bonchev–Trinajstić information content (AvgIpc) is 3.41. The van der Waals surface area contributed by atoms with Crippen LogP contribution < -0.4 is 0 Å². The van der Waals surface area contributed by atoms with Crippen LogP contribution in [-0.4, -0.2) is 28.4 Å². The lowest BCUT2D eigenvalue weighted by atomic mass is 9.96. The van der Waals surface area contributed by atoms with Gasteiger partial charge in [-0.25, -0.2) is 4.98 Å². The molecule has 2 aromatic rings. The molecule has 2 aliphatic rings. The van der Waals surface area contributed by atoms with Gasteiger partial charge in [0, 0.05) is 23.5 Å². The molecule has 1 aliphatic heterocycles. The summed E-state index contributed by atoms with van der Waals surface area (Å²) in [5.74, 6) is 0.497. The van der Waals surface area contributed by atoms with Crippen LogP contribution >= 0.6 is 11.3 Å². The summed E-state index contributed by atoms with van der Waals surface area (Å²) in [7, 11) is 0. The van der Waals surface area contributed by atoms with Gasteiger partial charge < -0.3 is 4.90 Å². The van der Waals surface area contributed by atoms with Crippen LogP contribution in [0.5, 0.6) is 0 Å². The van der Waals surface area contributed by atoms with Gasteiger partial charge in [-0.2, -0.15) is 13.2 Å². The van der Waals surface area contributed by atoms with E-state index in [4.69, 9.17) is 0 Å². The fourth-order valence-corrected chi connectivity index (χ4v) is 5.15. The zero-order valence-corrected chi connectivity index (χ0v) is 15.7. The molecule has 1 aromatic carbocycles. The Labute approximate surface area is 160 Å². The molecule has 7 heteroatoms. The van der Waals surface area contributed by atoms with Crippen molar-refractivity contribution in [3.05, 3.63) is 40.9 Å². The summed E-state index contributed by atoms with van der Waals surface area (Å²) in [4.78, 5) is 19.3. The van der Waals surface area contributed by atoms with E-state index in [1.807, 2.05) is 4.90 Å². The fourth-order valence-electron chi connectivity index (χ4n) is 4.36. The second kappa shape index (κ2) is 7.26. The molecule has 3 nitrogen and oxygen atoms in total. The second-order valence-corrected chi connectivity index (χ2v) is 8.23. The van der Waals surface area contributed by atoms with Crippen molar-refractivity contribution in [1.82, 2.24) is 9.88 Å². The van der Waals surface area contributed by atoms with Crippen LogP contribution in [0.4, 0.5) is 13.2 Å². The molecule has 0 radical (unpaired) electrons. The van der Waals surface area contributed by atoms with Crippen molar-refractivity contribution in [1.29, 1.82) is 0 Å². The van der Waals surface area contributed by atoms with Crippen molar-refractivity contribution in [2.75, 3.05) is 6.54 Å². The van der Waals surface area contributed by atoms with E-state index in [0.29, 0.717) is 28.2 Å². The van der Waals surface area contributed by atoms with E-state index >= 15 is 0 Å². The highest BCUT2D eigenvalue weighted by Gasteiger charge is 2.37. The molecule has 1 aromatic heterocycles. The number of halogens is 3. The number of hydrogen-bond acceptors (Lipinski definition) is 3. The van der Waals surface area contributed by atoms with E-state index in [9.17, 15) is 18.0 Å². The van der Waals surface area contributed by atoms with E-state index in [-0.39, 0.29) is 5.91 Å². The summed E-state index contributed by atoms with van der Waals surface area (Å²) >= 11 is 1.22. The molecule has 4 rings (SSSR count). The summed E-state index contributed by atoms with van der Waals surface area (Å²) in [6.45, 7) is 0.746. The Balaban J connectivity index is 1.55. The average molecular weight is 394 g/mol. The number of amides is 1. The topological polar surface area (TPSA) is 33.2 Å². The first-order valence-electron chi connectivity index (χ1n) is 9.37. The first kappa shape index (κ1) is 18.5. The third kappa shape index (κ3) is 3.74. The van der Waals surface area contributed by atoms with Gasteiger partial charge in [-0.1, -0.05) is 25.0 Å². The van der Waals surface area contributed by atoms with Gasteiger partial charge in [-0.15, -0.1) is 11.3 Å². The molecular weight excluding hydrogens is 373 g/mol. The normalized spacial score (nSPS) is 21.1. The van der Waals surface area contributed by atoms with E-state index in [0.717, 1.165) is 31.5 Å². The van der Waals surface area contributed by atoms with Crippen LogP contribution in [0.3, 0.4) is 0 Å². The standard InChI is InChI=1S/C20H21F3N2OS/c21-20(22,23)15-8-3-7-14(11-15)18-24-16(12-27-18)19(26)25-10-4-9-17(25)13-5-1-2-6-13/h3,7-8,11-13,17H,1-2,4-6,9-10H2. The zero-order chi connectivity index (χ0) is 19.0. The number of rotatable bonds is 3. The molecule has 1 amide bonds. The second-order valence-electron chi connectivity index (χ2n) is 7.37. The summed E-state index contributed by atoms with van der Waals surface area (Å²) in [6, 6.07) is 5.39. The lowest BCUT2D eigenvalue weighted by molar-refractivity contribution is -0.137. The largest absolute Gasteiger partial charge is 0.416 e. The van der Waals surface area contributed by atoms with Gasteiger partial charge in [0.1, 0.15) is 10.7 Å². The minimum Gasteiger partial charge on any atom is -0.334 e. The van der Waals surface area contributed by atoms with Crippen molar-refractivity contribution in [3.63, 3.8) is 0 Å². The van der Waals surface area contributed by atoms with E-state index in [2.05, 4.69) is 4.98 Å². The summed E-state index contributed by atoms with van der Waals surface area (Å²) in [5, 5.41) is 2.11. The molecular formula is C20H21F3N2OS. The predicted molar refractivity (Wildman–Crippen MR) is 98.6 cm³/mol. The Morgan fingerprint density at radius 3 is 2.67 bits per heavy atom. The minimum atomic E-state index is -4.39. The number of benzene rings is 1.